The highest BCUT2D eigenvalue weighted by Crippen LogP contribution is 2.26. The second-order valence-electron chi connectivity index (χ2n) is 4.48. The number of hydrogen-bond donors (Lipinski definition) is 3. The van der Waals surface area contributed by atoms with E-state index in [1.54, 1.807) is 6.07 Å². The summed E-state index contributed by atoms with van der Waals surface area (Å²) < 4.78 is 23.7. The van der Waals surface area contributed by atoms with E-state index in [1.165, 1.54) is 12.1 Å². The maximum absolute atomic E-state index is 11.4. The fourth-order valence-electron chi connectivity index (χ4n) is 1.83. The lowest BCUT2D eigenvalue weighted by atomic mass is 10.2. The Morgan fingerprint density at radius 2 is 1.70 bits per heavy atom. The summed E-state index contributed by atoms with van der Waals surface area (Å²) in [6, 6.07) is 10.2. The summed E-state index contributed by atoms with van der Waals surface area (Å²) in [5.41, 5.74) is 8.48. The van der Waals surface area contributed by atoms with Gasteiger partial charge in [-0.2, -0.15) is 0 Å². The molecule has 0 saturated carbocycles. The zero-order valence-electron chi connectivity index (χ0n) is 10.7. The van der Waals surface area contributed by atoms with Crippen LogP contribution in [0.3, 0.4) is 0 Å². The zero-order chi connectivity index (χ0) is 14.9. The lowest BCUT2D eigenvalue weighted by Gasteiger charge is -2.10. The Morgan fingerprint density at radius 1 is 1.05 bits per heavy atom. The van der Waals surface area contributed by atoms with Crippen molar-refractivity contribution in [1.82, 2.24) is 0 Å². The molecular formula is C13H14BrN3O2S. The molecule has 0 aliphatic rings. The molecule has 0 aliphatic carbocycles. The molecule has 0 heterocycles. The van der Waals surface area contributed by atoms with E-state index in [4.69, 9.17) is 10.9 Å². The predicted octanol–water partition coefficient (Wildman–Crippen LogP) is 2.73. The van der Waals surface area contributed by atoms with Gasteiger partial charge in [0, 0.05) is 21.5 Å². The van der Waals surface area contributed by atoms with Gasteiger partial charge in [0.25, 0.3) is 0 Å². The van der Waals surface area contributed by atoms with E-state index in [2.05, 4.69) is 21.2 Å². The first-order valence-corrected chi connectivity index (χ1v) is 8.05. The van der Waals surface area contributed by atoms with Crippen molar-refractivity contribution in [2.24, 2.45) is 5.14 Å². The van der Waals surface area contributed by atoms with Crippen molar-refractivity contribution >= 4 is 43.0 Å². The topological polar surface area (TPSA) is 98.2 Å². The second kappa shape index (κ2) is 5.43. The van der Waals surface area contributed by atoms with Crippen LogP contribution in [-0.4, -0.2) is 8.42 Å². The molecule has 0 spiro atoms. The van der Waals surface area contributed by atoms with Crippen LogP contribution in [0.4, 0.5) is 17.1 Å². The molecular weight excluding hydrogens is 342 g/mol. The lowest BCUT2D eigenvalue weighted by Crippen LogP contribution is -2.12. The van der Waals surface area contributed by atoms with E-state index in [1.807, 2.05) is 25.1 Å². The van der Waals surface area contributed by atoms with E-state index in [0.29, 0.717) is 11.4 Å². The molecule has 2 rings (SSSR count). The number of halogens is 1. The summed E-state index contributed by atoms with van der Waals surface area (Å²) in [5.74, 6) is 0. The molecule has 106 valence electrons. The van der Waals surface area contributed by atoms with Gasteiger partial charge in [-0.05, 0) is 48.9 Å². The number of primary sulfonamides is 1. The molecule has 2 aromatic rings. The molecule has 0 radical (unpaired) electrons. The molecule has 0 aromatic heterocycles. The van der Waals surface area contributed by atoms with E-state index < -0.39 is 10.0 Å². The Hall–Kier alpha value is -1.57. The second-order valence-corrected chi connectivity index (χ2v) is 6.96. The Bertz CT molecular complexity index is 740. The number of aryl methyl sites for hydroxylation is 1. The number of benzene rings is 2. The summed E-state index contributed by atoms with van der Waals surface area (Å²) in [6.45, 7) is 1.96. The smallest absolute Gasteiger partial charge is 0.238 e. The summed E-state index contributed by atoms with van der Waals surface area (Å²) >= 11 is 3.41. The van der Waals surface area contributed by atoms with Gasteiger partial charge < -0.3 is 11.1 Å². The van der Waals surface area contributed by atoms with Crippen molar-refractivity contribution in [2.75, 3.05) is 11.1 Å². The fraction of sp³-hybridized carbons (Fsp3) is 0.0769. The molecule has 7 heteroatoms. The van der Waals surface area contributed by atoms with Crippen LogP contribution in [0.1, 0.15) is 5.56 Å². The highest BCUT2D eigenvalue weighted by molar-refractivity contribution is 9.10. The van der Waals surface area contributed by atoms with E-state index in [-0.39, 0.29) is 4.90 Å². The van der Waals surface area contributed by atoms with Crippen molar-refractivity contribution in [2.45, 2.75) is 11.8 Å². The number of rotatable bonds is 3. The molecule has 20 heavy (non-hydrogen) atoms. The van der Waals surface area contributed by atoms with E-state index in [9.17, 15) is 8.42 Å². The molecule has 5 nitrogen and oxygen atoms in total. The molecule has 2 aromatic carbocycles. The number of nitrogens with one attached hydrogen (secondary N) is 1. The van der Waals surface area contributed by atoms with Gasteiger partial charge in [0.05, 0.1) is 4.90 Å². The Labute approximate surface area is 126 Å². The molecule has 5 N–H and O–H groups in total. The van der Waals surface area contributed by atoms with Crippen LogP contribution in [0.5, 0.6) is 0 Å². The predicted molar refractivity (Wildman–Crippen MR) is 84.4 cm³/mol. The molecule has 0 saturated heterocycles. The normalized spacial score (nSPS) is 11.3. The molecule has 0 unspecified atom stereocenters. The van der Waals surface area contributed by atoms with Crippen LogP contribution in [0.2, 0.25) is 0 Å². The number of sulfonamides is 1. The lowest BCUT2D eigenvalue weighted by molar-refractivity contribution is 0.598. The van der Waals surface area contributed by atoms with Gasteiger partial charge in [-0.1, -0.05) is 15.9 Å². The minimum absolute atomic E-state index is 0.0216. The maximum atomic E-state index is 11.4. The fourth-order valence-corrected chi connectivity index (χ4v) is 3.03. The highest BCUT2D eigenvalue weighted by Gasteiger charge is 2.10. The largest absolute Gasteiger partial charge is 0.399 e. The summed E-state index contributed by atoms with van der Waals surface area (Å²) in [6.07, 6.45) is 0. The first-order chi connectivity index (χ1) is 9.24. The highest BCUT2D eigenvalue weighted by atomic mass is 79.9. The average Bonchev–Trinajstić information content (AvgIpc) is 2.25. The summed E-state index contributed by atoms with van der Waals surface area (Å²) in [4.78, 5) is -0.0216. The zero-order valence-corrected chi connectivity index (χ0v) is 13.1. The van der Waals surface area contributed by atoms with Crippen molar-refractivity contribution in [3.8, 4) is 0 Å². The molecule has 0 fully saturated rings. The van der Waals surface area contributed by atoms with E-state index >= 15 is 0 Å². The number of anilines is 3. The Morgan fingerprint density at radius 3 is 2.30 bits per heavy atom. The van der Waals surface area contributed by atoms with Gasteiger partial charge >= 0.3 is 0 Å². The van der Waals surface area contributed by atoms with Gasteiger partial charge in [-0.3, -0.25) is 0 Å². The Balaban J connectivity index is 2.41. The van der Waals surface area contributed by atoms with Crippen LogP contribution >= 0.6 is 15.9 Å². The third-order valence-corrected chi connectivity index (χ3v) is 3.94. The number of nitrogen functional groups attached to an aromatic ring is 1. The first kappa shape index (κ1) is 14.8. The van der Waals surface area contributed by atoms with Gasteiger partial charge in [-0.15, -0.1) is 0 Å². The van der Waals surface area contributed by atoms with Crippen LogP contribution in [0.25, 0.3) is 0 Å². The van der Waals surface area contributed by atoms with Crippen molar-refractivity contribution < 1.29 is 8.42 Å². The molecule has 0 amide bonds. The van der Waals surface area contributed by atoms with E-state index in [0.717, 1.165) is 15.7 Å². The summed E-state index contributed by atoms with van der Waals surface area (Å²) in [7, 11) is -3.79. The van der Waals surface area contributed by atoms with Crippen LogP contribution in [-0.2, 0) is 10.0 Å². The van der Waals surface area contributed by atoms with Crippen LogP contribution in [0, 0.1) is 6.92 Å². The summed E-state index contributed by atoms with van der Waals surface area (Å²) in [5, 5.41) is 8.23. The molecule has 0 aliphatic heterocycles. The first-order valence-electron chi connectivity index (χ1n) is 5.71. The van der Waals surface area contributed by atoms with Crippen molar-refractivity contribution in [3.63, 3.8) is 0 Å². The monoisotopic (exact) mass is 355 g/mol. The minimum atomic E-state index is -3.79. The van der Waals surface area contributed by atoms with Crippen LogP contribution in [0.15, 0.2) is 45.8 Å². The van der Waals surface area contributed by atoms with Crippen molar-refractivity contribution in [1.29, 1.82) is 0 Å². The van der Waals surface area contributed by atoms with Gasteiger partial charge in [0.1, 0.15) is 0 Å². The number of nitrogens with two attached hydrogens (primary N) is 2. The SMILES string of the molecule is Cc1cc(Br)cc(Nc2cc(N)cc(S(N)(=O)=O)c2)c1. The van der Waals surface area contributed by atoms with Crippen molar-refractivity contribution in [3.05, 3.63) is 46.4 Å². The van der Waals surface area contributed by atoms with Gasteiger partial charge in [-0.25, -0.2) is 13.6 Å². The number of hydrogen-bond acceptors (Lipinski definition) is 4. The third kappa shape index (κ3) is 3.72. The standard InChI is InChI=1S/C13H14BrN3O2S/c1-8-2-9(14)4-11(3-8)17-12-5-10(15)6-13(7-12)20(16,18)19/h2-7,17H,15H2,1H3,(H2,16,18,19). The minimum Gasteiger partial charge on any atom is -0.399 e. The molecule has 0 atom stereocenters. The van der Waals surface area contributed by atoms with Crippen LogP contribution < -0.4 is 16.2 Å². The third-order valence-electron chi connectivity index (χ3n) is 2.59. The maximum Gasteiger partial charge on any atom is 0.238 e. The van der Waals surface area contributed by atoms with Gasteiger partial charge in [0.15, 0.2) is 0 Å². The van der Waals surface area contributed by atoms with Gasteiger partial charge in [0.2, 0.25) is 10.0 Å². The molecule has 0 bridgehead atoms. The Kier molecular flexibility index (Phi) is 4.03. The average molecular weight is 356 g/mol. The quantitative estimate of drug-likeness (QED) is 0.737.